The first-order chi connectivity index (χ1) is 12.7. The summed E-state index contributed by atoms with van der Waals surface area (Å²) in [4.78, 5) is 24.6. The minimum absolute atomic E-state index is 0.0773. The molecule has 0 fully saturated rings. The number of para-hydroxylation sites is 2. The van der Waals surface area contributed by atoms with Gasteiger partial charge in [0, 0.05) is 5.69 Å². The molecule has 2 aromatic carbocycles. The minimum Gasteiger partial charge on any atom is -0.462 e. The summed E-state index contributed by atoms with van der Waals surface area (Å²) in [6.45, 7) is 3.17. The van der Waals surface area contributed by atoms with Crippen molar-refractivity contribution >= 4 is 33.3 Å². The van der Waals surface area contributed by atoms with E-state index in [-0.39, 0.29) is 17.9 Å². The number of hydrogen-bond donors (Lipinski definition) is 1. The lowest BCUT2D eigenvalue weighted by atomic mass is 10.1. The van der Waals surface area contributed by atoms with E-state index in [9.17, 15) is 18.0 Å². The number of ether oxygens (including phenoxy) is 1. The number of aryl methyl sites for hydroxylation is 1. The molecule has 0 saturated carbocycles. The maximum Gasteiger partial charge on any atom is 0.340 e. The summed E-state index contributed by atoms with van der Waals surface area (Å²) in [5, 5.41) is 2.70. The fourth-order valence-corrected chi connectivity index (χ4v) is 3.36. The number of benzene rings is 2. The molecular weight excluding hydrogens is 368 g/mol. The van der Waals surface area contributed by atoms with Crippen LogP contribution in [0.3, 0.4) is 0 Å². The highest BCUT2D eigenvalue weighted by Gasteiger charge is 2.26. The van der Waals surface area contributed by atoms with Crippen LogP contribution in [-0.4, -0.2) is 39.7 Å². The number of esters is 1. The van der Waals surface area contributed by atoms with E-state index < -0.39 is 28.4 Å². The summed E-state index contributed by atoms with van der Waals surface area (Å²) in [5.74, 6) is -1.17. The number of nitrogens with zero attached hydrogens (tertiary/aromatic N) is 1. The first kappa shape index (κ1) is 20.4. The summed E-state index contributed by atoms with van der Waals surface area (Å²) in [6.07, 6.45) is 0.982. The number of carbonyl (C=O) groups excluding carboxylic acids is 2. The van der Waals surface area contributed by atoms with Crippen LogP contribution in [0.1, 0.15) is 22.8 Å². The quantitative estimate of drug-likeness (QED) is 0.734. The van der Waals surface area contributed by atoms with Crippen molar-refractivity contribution in [2.75, 3.05) is 29.0 Å². The zero-order valence-corrected chi connectivity index (χ0v) is 16.2. The molecule has 0 spiro atoms. The van der Waals surface area contributed by atoms with E-state index in [0.29, 0.717) is 5.69 Å². The highest BCUT2D eigenvalue weighted by atomic mass is 32.2. The Morgan fingerprint density at radius 1 is 1.07 bits per heavy atom. The predicted octanol–water partition coefficient (Wildman–Crippen LogP) is 2.58. The third-order valence-corrected chi connectivity index (χ3v) is 4.90. The molecule has 0 bridgehead atoms. The Bertz CT molecular complexity index is 941. The molecule has 8 heteroatoms. The third kappa shape index (κ3) is 5.30. The maximum atomic E-state index is 12.5. The largest absolute Gasteiger partial charge is 0.462 e. The van der Waals surface area contributed by atoms with Crippen LogP contribution in [0, 0.1) is 6.92 Å². The number of rotatable bonds is 7. The molecule has 2 rings (SSSR count). The van der Waals surface area contributed by atoms with Gasteiger partial charge in [-0.1, -0.05) is 30.3 Å². The molecule has 0 saturated heterocycles. The summed E-state index contributed by atoms with van der Waals surface area (Å²) >= 11 is 0. The Labute approximate surface area is 159 Å². The summed E-state index contributed by atoms with van der Waals surface area (Å²) < 4.78 is 30.5. The van der Waals surface area contributed by atoms with Crippen molar-refractivity contribution in [1.29, 1.82) is 0 Å². The second-order valence-corrected chi connectivity index (χ2v) is 7.78. The van der Waals surface area contributed by atoms with Crippen molar-refractivity contribution < 1.29 is 22.7 Å². The second kappa shape index (κ2) is 8.68. The molecule has 0 heterocycles. The van der Waals surface area contributed by atoms with E-state index in [2.05, 4.69) is 5.32 Å². The van der Waals surface area contributed by atoms with Gasteiger partial charge in [0.05, 0.1) is 24.1 Å². The fourth-order valence-electron chi connectivity index (χ4n) is 2.49. The van der Waals surface area contributed by atoms with Crippen LogP contribution in [-0.2, 0) is 19.6 Å². The molecule has 0 aliphatic heterocycles. The van der Waals surface area contributed by atoms with Crippen molar-refractivity contribution in [3.63, 3.8) is 0 Å². The van der Waals surface area contributed by atoms with Crippen molar-refractivity contribution in [3.8, 4) is 0 Å². The highest BCUT2D eigenvalue weighted by Crippen LogP contribution is 2.24. The van der Waals surface area contributed by atoms with E-state index in [0.717, 1.165) is 16.1 Å². The van der Waals surface area contributed by atoms with Gasteiger partial charge in [0.25, 0.3) is 0 Å². The second-order valence-electron chi connectivity index (χ2n) is 5.87. The van der Waals surface area contributed by atoms with Crippen LogP contribution >= 0.6 is 0 Å². The smallest absolute Gasteiger partial charge is 0.340 e. The summed E-state index contributed by atoms with van der Waals surface area (Å²) in [7, 11) is -3.82. The van der Waals surface area contributed by atoms with E-state index in [4.69, 9.17) is 4.74 Å². The van der Waals surface area contributed by atoms with E-state index >= 15 is 0 Å². The Morgan fingerprint density at radius 2 is 1.70 bits per heavy atom. The lowest BCUT2D eigenvalue weighted by Crippen LogP contribution is -2.38. The Hall–Kier alpha value is -2.87. The number of anilines is 2. The highest BCUT2D eigenvalue weighted by molar-refractivity contribution is 7.92. The molecule has 0 unspecified atom stereocenters. The third-order valence-electron chi connectivity index (χ3n) is 3.77. The molecule has 0 aliphatic carbocycles. The molecule has 0 aliphatic rings. The molecule has 0 radical (unpaired) electrons. The Morgan fingerprint density at radius 3 is 2.33 bits per heavy atom. The first-order valence-corrected chi connectivity index (χ1v) is 10.2. The monoisotopic (exact) mass is 390 g/mol. The van der Waals surface area contributed by atoms with Crippen LogP contribution in [0.2, 0.25) is 0 Å². The van der Waals surface area contributed by atoms with Gasteiger partial charge in [-0.3, -0.25) is 9.10 Å². The fraction of sp³-hybridized carbons (Fsp3) is 0.263. The predicted molar refractivity (Wildman–Crippen MR) is 104 cm³/mol. The average molecular weight is 390 g/mol. The maximum absolute atomic E-state index is 12.5. The van der Waals surface area contributed by atoms with Crippen LogP contribution in [0.5, 0.6) is 0 Å². The number of carbonyl (C=O) groups is 2. The molecule has 1 N–H and O–H groups in total. The van der Waals surface area contributed by atoms with E-state index in [1.807, 2.05) is 19.1 Å². The van der Waals surface area contributed by atoms with Crippen LogP contribution in [0.4, 0.5) is 11.4 Å². The van der Waals surface area contributed by atoms with Gasteiger partial charge in [-0.15, -0.1) is 0 Å². The van der Waals surface area contributed by atoms with Gasteiger partial charge < -0.3 is 10.1 Å². The van der Waals surface area contributed by atoms with Gasteiger partial charge >= 0.3 is 5.97 Å². The van der Waals surface area contributed by atoms with Gasteiger partial charge in [-0.05, 0) is 37.6 Å². The molecule has 144 valence electrons. The Kier molecular flexibility index (Phi) is 6.57. The van der Waals surface area contributed by atoms with E-state index in [1.165, 1.54) is 12.1 Å². The van der Waals surface area contributed by atoms with Crippen molar-refractivity contribution in [2.24, 2.45) is 0 Å². The summed E-state index contributed by atoms with van der Waals surface area (Å²) in [6, 6.07) is 13.3. The van der Waals surface area contributed by atoms with Gasteiger partial charge in [0.15, 0.2) is 0 Å². The molecule has 1 amide bonds. The van der Waals surface area contributed by atoms with Crippen molar-refractivity contribution in [3.05, 3.63) is 59.7 Å². The zero-order chi connectivity index (χ0) is 20.0. The molecule has 7 nitrogen and oxygen atoms in total. The molecule has 0 aromatic heterocycles. The van der Waals surface area contributed by atoms with Gasteiger partial charge in [-0.25, -0.2) is 13.2 Å². The SMILES string of the molecule is CCOC(=O)c1ccccc1N(CC(=O)Nc1ccccc1C)S(C)(=O)=O. The molecular formula is C19H22N2O5S. The molecule has 27 heavy (non-hydrogen) atoms. The number of nitrogens with one attached hydrogen (secondary N) is 1. The van der Waals surface area contributed by atoms with Gasteiger partial charge in [-0.2, -0.15) is 0 Å². The van der Waals surface area contributed by atoms with Crippen LogP contribution < -0.4 is 9.62 Å². The number of hydrogen-bond acceptors (Lipinski definition) is 5. The zero-order valence-electron chi connectivity index (χ0n) is 15.4. The van der Waals surface area contributed by atoms with Gasteiger partial charge in [0.2, 0.25) is 15.9 Å². The normalized spacial score (nSPS) is 10.9. The van der Waals surface area contributed by atoms with Crippen LogP contribution in [0.15, 0.2) is 48.5 Å². The van der Waals surface area contributed by atoms with Gasteiger partial charge in [0.1, 0.15) is 6.54 Å². The number of sulfonamides is 1. The summed E-state index contributed by atoms with van der Waals surface area (Å²) in [5.41, 5.74) is 1.62. The Balaban J connectivity index is 2.34. The first-order valence-electron chi connectivity index (χ1n) is 8.33. The lowest BCUT2D eigenvalue weighted by Gasteiger charge is -2.24. The van der Waals surface area contributed by atoms with Crippen LogP contribution in [0.25, 0.3) is 0 Å². The molecule has 0 atom stereocenters. The average Bonchev–Trinajstić information content (AvgIpc) is 2.61. The minimum atomic E-state index is -3.82. The van der Waals surface area contributed by atoms with Crippen molar-refractivity contribution in [1.82, 2.24) is 0 Å². The topological polar surface area (TPSA) is 92.8 Å². The van der Waals surface area contributed by atoms with Crippen molar-refractivity contribution in [2.45, 2.75) is 13.8 Å². The standard InChI is InChI=1S/C19H22N2O5S/c1-4-26-19(23)15-10-6-8-12-17(15)21(27(3,24)25)13-18(22)20-16-11-7-5-9-14(16)2/h5-12H,4,13H2,1-3H3,(H,20,22). The molecule has 2 aromatic rings. The number of amides is 1. The van der Waals surface area contributed by atoms with E-state index in [1.54, 1.807) is 31.2 Å². The lowest BCUT2D eigenvalue weighted by molar-refractivity contribution is -0.114.